The van der Waals surface area contributed by atoms with E-state index in [0.29, 0.717) is 5.65 Å². The fourth-order valence-electron chi connectivity index (χ4n) is 1.20. The van der Waals surface area contributed by atoms with Crippen LogP contribution >= 0.6 is 11.8 Å². The van der Waals surface area contributed by atoms with Gasteiger partial charge in [-0.1, -0.05) is 11.8 Å². The van der Waals surface area contributed by atoms with Gasteiger partial charge in [0.1, 0.15) is 11.4 Å². The van der Waals surface area contributed by atoms with Crippen LogP contribution in [0.1, 0.15) is 5.69 Å². The van der Waals surface area contributed by atoms with E-state index in [1.165, 1.54) is 6.33 Å². The van der Waals surface area contributed by atoms with E-state index in [1.807, 2.05) is 0 Å². The molecule has 5 nitrogen and oxygen atoms in total. The van der Waals surface area contributed by atoms with E-state index in [0.717, 1.165) is 21.9 Å². The topological polar surface area (TPSA) is 64.5 Å². The molecule has 58 valence electrons. The van der Waals surface area contributed by atoms with Crippen molar-refractivity contribution < 1.29 is 0 Å². The fraction of sp³-hybridized carbons (Fsp3) is 0.167. The molecule has 0 amide bonds. The van der Waals surface area contributed by atoms with Gasteiger partial charge in [0.2, 0.25) is 0 Å². The average Bonchev–Trinajstić information content (AvgIpc) is 2.52. The van der Waals surface area contributed by atoms with E-state index in [4.69, 9.17) is 0 Å². The first-order valence-electron chi connectivity index (χ1n) is 3.41. The van der Waals surface area contributed by atoms with Crippen LogP contribution in [0.3, 0.4) is 0 Å². The highest BCUT2D eigenvalue weighted by atomic mass is 32.2. The van der Waals surface area contributed by atoms with Crippen molar-refractivity contribution in [2.75, 3.05) is 0 Å². The number of hydrogen-bond acceptors (Lipinski definition) is 6. The van der Waals surface area contributed by atoms with Gasteiger partial charge in [-0.2, -0.15) is 0 Å². The monoisotopic (exact) mass is 177 g/mol. The molecule has 2 aromatic rings. The van der Waals surface area contributed by atoms with Gasteiger partial charge < -0.3 is 0 Å². The smallest absolute Gasteiger partial charge is 0.189 e. The third-order valence-corrected chi connectivity index (χ3v) is 2.73. The maximum Gasteiger partial charge on any atom is 0.189 e. The molecule has 0 saturated carbocycles. The molecule has 0 radical (unpaired) electrons. The Morgan fingerprint density at radius 2 is 2.25 bits per heavy atom. The van der Waals surface area contributed by atoms with Gasteiger partial charge in [0.15, 0.2) is 5.65 Å². The van der Waals surface area contributed by atoms with Gasteiger partial charge in [-0.15, -0.1) is 10.2 Å². The van der Waals surface area contributed by atoms with Crippen LogP contribution in [0.5, 0.6) is 0 Å². The van der Waals surface area contributed by atoms with E-state index in [-0.39, 0.29) is 0 Å². The first-order valence-corrected chi connectivity index (χ1v) is 4.39. The summed E-state index contributed by atoms with van der Waals surface area (Å²) in [5.74, 6) is 0.833. The highest BCUT2D eigenvalue weighted by molar-refractivity contribution is 7.99. The minimum Gasteiger partial charge on any atom is -0.229 e. The molecule has 0 atom stereocenters. The second-order valence-corrected chi connectivity index (χ2v) is 3.37. The van der Waals surface area contributed by atoms with Crippen molar-refractivity contribution in [3.05, 3.63) is 12.0 Å². The van der Waals surface area contributed by atoms with Crippen LogP contribution in [0.2, 0.25) is 0 Å². The molecular weight excluding hydrogens is 174 g/mol. The molecule has 0 N–H and O–H groups in total. The summed E-state index contributed by atoms with van der Waals surface area (Å²) in [6.45, 7) is 0. The van der Waals surface area contributed by atoms with Crippen LogP contribution in [0, 0.1) is 0 Å². The van der Waals surface area contributed by atoms with E-state index >= 15 is 0 Å². The van der Waals surface area contributed by atoms with Crippen molar-refractivity contribution in [1.29, 1.82) is 0 Å². The highest BCUT2D eigenvalue weighted by Crippen LogP contribution is 2.34. The van der Waals surface area contributed by atoms with Gasteiger partial charge in [0, 0.05) is 5.75 Å². The Bertz CT molecular complexity index is 418. The Morgan fingerprint density at radius 3 is 3.25 bits per heavy atom. The predicted molar refractivity (Wildman–Crippen MR) is 42.5 cm³/mol. The van der Waals surface area contributed by atoms with Gasteiger partial charge in [0.25, 0.3) is 0 Å². The van der Waals surface area contributed by atoms with Gasteiger partial charge in [-0.25, -0.2) is 9.97 Å². The van der Waals surface area contributed by atoms with Crippen molar-refractivity contribution >= 4 is 22.8 Å². The van der Waals surface area contributed by atoms with Crippen LogP contribution in [0.25, 0.3) is 11.0 Å². The molecule has 0 saturated heterocycles. The summed E-state index contributed by atoms with van der Waals surface area (Å²) in [6, 6.07) is 0. The van der Waals surface area contributed by atoms with Crippen molar-refractivity contribution in [2.24, 2.45) is 0 Å². The Labute approximate surface area is 71.6 Å². The van der Waals surface area contributed by atoms with E-state index in [9.17, 15) is 0 Å². The molecule has 1 aliphatic heterocycles. The average molecular weight is 177 g/mol. The predicted octanol–water partition coefficient (Wildman–Crippen LogP) is 0.420. The Hall–Kier alpha value is -1.30. The Morgan fingerprint density at radius 1 is 1.25 bits per heavy atom. The number of nitrogens with zero attached hydrogens (tertiary/aromatic N) is 5. The second kappa shape index (κ2) is 2.10. The van der Waals surface area contributed by atoms with Crippen LogP contribution in [-0.2, 0) is 5.75 Å². The van der Waals surface area contributed by atoms with Crippen molar-refractivity contribution in [2.45, 2.75) is 10.8 Å². The van der Waals surface area contributed by atoms with E-state index in [1.54, 1.807) is 11.8 Å². The zero-order chi connectivity index (χ0) is 7.97. The van der Waals surface area contributed by atoms with E-state index < -0.39 is 0 Å². The molecule has 0 aromatic carbocycles. The largest absolute Gasteiger partial charge is 0.229 e. The van der Waals surface area contributed by atoms with Gasteiger partial charge in [0.05, 0.1) is 11.1 Å². The summed E-state index contributed by atoms with van der Waals surface area (Å²) in [5, 5.41) is 13.3. The second-order valence-electron chi connectivity index (χ2n) is 2.40. The standard InChI is InChI=1S/C6H3N5S/c1-3-4-5(10-11-9-3)7-2-8-6(4)12-1/h2H,1H2. The first kappa shape index (κ1) is 6.24. The van der Waals surface area contributed by atoms with Crippen LogP contribution in [0.4, 0.5) is 0 Å². The molecular formula is C6H3N5S. The third-order valence-electron chi connectivity index (χ3n) is 1.73. The molecule has 12 heavy (non-hydrogen) atoms. The molecule has 3 rings (SSSR count). The zero-order valence-corrected chi connectivity index (χ0v) is 6.75. The fourth-order valence-corrected chi connectivity index (χ4v) is 2.16. The van der Waals surface area contributed by atoms with Crippen molar-refractivity contribution in [3.63, 3.8) is 0 Å². The van der Waals surface area contributed by atoms with Crippen LogP contribution in [0.15, 0.2) is 11.4 Å². The summed E-state index contributed by atoms with van der Waals surface area (Å²) >= 11 is 1.65. The maximum atomic E-state index is 4.12. The molecule has 0 fully saturated rings. The summed E-state index contributed by atoms with van der Waals surface area (Å²) in [6.07, 6.45) is 1.51. The SMILES string of the molecule is c1nc2c3c(nnnc3n1)CS2. The quantitative estimate of drug-likeness (QED) is 0.543. The molecule has 0 aliphatic carbocycles. The Kier molecular flexibility index (Phi) is 1.09. The number of hydrogen-bond donors (Lipinski definition) is 0. The highest BCUT2D eigenvalue weighted by Gasteiger charge is 2.18. The molecule has 0 unspecified atom stereocenters. The lowest BCUT2D eigenvalue weighted by molar-refractivity contribution is 0.853. The van der Waals surface area contributed by atoms with Crippen molar-refractivity contribution in [1.82, 2.24) is 25.4 Å². The first-order chi connectivity index (χ1) is 5.95. The molecule has 2 aromatic heterocycles. The number of rotatable bonds is 0. The van der Waals surface area contributed by atoms with Crippen molar-refractivity contribution in [3.8, 4) is 0 Å². The number of thioether (sulfide) groups is 1. The lowest BCUT2D eigenvalue weighted by Crippen LogP contribution is -1.95. The summed E-state index contributed by atoms with van der Waals surface area (Å²) < 4.78 is 0. The minimum absolute atomic E-state index is 0.648. The molecule has 6 heteroatoms. The lowest BCUT2D eigenvalue weighted by Gasteiger charge is -1.93. The molecule has 0 spiro atoms. The summed E-state index contributed by atoms with van der Waals surface area (Å²) in [5.41, 5.74) is 1.59. The van der Waals surface area contributed by atoms with Crippen LogP contribution in [-0.4, -0.2) is 25.4 Å². The number of aromatic nitrogens is 5. The zero-order valence-electron chi connectivity index (χ0n) is 5.93. The maximum absolute atomic E-state index is 4.12. The summed E-state index contributed by atoms with van der Waals surface area (Å²) in [4.78, 5) is 8.13. The van der Waals surface area contributed by atoms with Gasteiger partial charge in [-0.3, -0.25) is 0 Å². The lowest BCUT2D eigenvalue weighted by atomic mass is 10.3. The Balaban J connectivity index is 2.58. The summed E-state index contributed by atoms with van der Waals surface area (Å²) in [7, 11) is 0. The minimum atomic E-state index is 0.648. The van der Waals surface area contributed by atoms with E-state index in [2.05, 4.69) is 25.4 Å². The van der Waals surface area contributed by atoms with Crippen LogP contribution < -0.4 is 0 Å². The molecule has 0 bridgehead atoms. The van der Waals surface area contributed by atoms with Gasteiger partial charge in [-0.05, 0) is 5.21 Å². The normalized spacial score (nSPS) is 14.0. The van der Waals surface area contributed by atoms with Gasteiger partial charge >= 0.3 is 0 Å². The molecule has 1 aliphatic rings. The third kappa shape index (κ3) is 0.672. The molecule has 3 heterocycles.